The molecule has 43 heavy (non-hydrogen) atoms. The molecule has 0 spiro atoms. The van der Waals surface area contributed by atoms with Gasteiger partial charge in [0.2, 0.25) is 0 Å². The molecule has 0 fully saturated rings. The number of rotatable bonds is 7. The van der Waals surface area contributed by atoms with Crippen molar-refractivity contribution in [3.8, 4) is 17.1 Å². The van der Waals surface area contributed by atoms with E-state index in [0.29, 0.717) is 53.5 Å². The fourth-order valence-electron chi connectivity index (χ4n) is 4.94. The van der Waals surface area contributed by atoms with E-state index in [0.717, 1.165) is 5.56 Å². The van der Waals surface area contributed by atoms with Crippen molar-refractivity contribution in [3.63, 3.8) is 0 Å². The second-order valence-corrected chi connectivity index (χ2v) is 11.3. The molecule has 7 nitrogen and oxygen atoms in total. The third-order valence-corrected chi connectivity index (χ3v) is 8.72. The topological polar surface area (TPSA) is 83.0 Å². The number of carbonyl (C=O) groups is 1. The minimum atomic E-state index is -0.795. The van der Waals surface area contributed by atoms with Gasteiger partial charge >= 0.3 is 5.97 Å². The van der Waals surface area contributed by atoms with Crippen LogP contribution in [0.3, 0.4) is 0 Å². The van der Waals surface area contributed by atoms with Crippen LogP contribution in [0.1, 0.15) is 29.9 Å². The van der Waals surface area contributed by atoms with Crippen molar-refractivity contribution in [2.24, 2.45) is 4.99 Å². The van der Waals surface area contributed by atoms with Crippen LogP contribution < -0.4 is 19.6 Å². The molecule has 0 saturated carbocycles. The summed E-state index contributed by atoms with van der Waals surface area (Å²) in [4.78, 5) is 32.9. The molecule has 10 heteroatoms. The maximum atomic E-state index is 14.1. The highest BCUT2D eigenvalue weighted by molar-refractivity contribution is 7.07. The summed E-state index contributed by atoms with van der Waals surface area (Å²) in [6.07, 6.45) is 1.66. The zero-order valence-corrected chi connectivity index (χ0v) is 25.4. The molecule has 0 N–H and O–H groups in total. The number of carbonyl (C=O) groups excluding carboxylic acids is 1. The third-order valence-electron chi connectivity index (χ3n) is 6.92. The summed E-state index contributed by atoms with van der Waals surface area (Å²) in [6.45, 7) is 1.91. The van der Waals surface area contributed by atoms with Gasteiger partial charge in [-0.05, 0) is 48.9 Å². The molecule has 3 aromatic carbocycles. The van der Waals surface area contributed by atoms with Crippen LogP contribution in [0.25, 0.3) is 23.1 Å². The molecule has 1 aliphatic heterocycles. The number of thiazole rings is 1. The predicted octanol–water partition coefficient (Wildman–Crippen LogP) is 6.51. The zero-order chi connectivity index (χ0) is 30.1. The fraction of sp³-hybridized carbons (Fsp3) is 0.121. The first-order valence-electron chi connectivity index (χ1n) is 13.4. The summed E-state index contributed by atoms with van der Waals surface area (Å²) in [5, 5.41) is 0.791. The lowest BCUT2D eigenvalue weighted by atomic mass is 9.93. The third kappa shape index (κ3) is 5.45. The second-order valence-electron chi connectivity index (χ2n) is 9.51. The van der Waals surface area contributed by atoms with Crippen LogP contribution in [-0.4, -0.2) is 24.3 Å². The van der Waals surface area contributed by atoms with E-state index in [1.54, 1.807) is 56.5 Å². The van der Waals surface area contributed by atoms with Crippen molar-refractivity contribution >= 4 is 52.3 Å². The molecule has 0 bridgehead atoms. The summed E-state index contributed by atoms with van der Waals surface area (Å²) < 4.78 is 18.8. The Labute approximate surface area is 260 Å². The van der Waals surface area contributed by atoms with E-state index in [9.17, 15) is 9.59 Å². The van der Waals surface area contributed by atoms with E-state index in [4.69, 9.17) is 42.1 Å². The Kier molecular flexibility index (Phi) is 8.08. The van der Waals surface area contributed by atoms with Crippen LogP contribution in [-0.2, 0) is 9.53 Å². The molecular formula is C33H24Cl2N2O5S. The van der Waals surface area contributed by atoms with Crippen LogP contribution in [0, 0.1) is 0 Å². The van der Waals surface area contributed by atoms with Gasteiger partial charge in [-0.2, -0.15) is 0 Å². The number of aromatic nitrogens is 1. The quantitative estimate of drug-likeness (QED) is 0.191. The van der Waals surface area contributed by atoms with E-state index < -0.39 is 12.0 Å². The van der Waals surface area contributed by atoms with Gasteiger partial charge in [-0.3, -0.25) is 9.36 Å². The number of furan rings is 1. The first-order chi connectivity index (χ1) is 20.9. The number of hydrogen-bond acceptors (Lipinski definition) is 7. The van der Waals surface area contributed by atoms with Crippen molar-refractivity contribution in [3.05, 3.63) is 137 Å². The van der Waals surface area contributed by atoms with Crippen molar-refractivity contribution < 1.29 is 18.7 Å². The normalized spacial score (nSPS) is 14.8. The first kappa shape index (κ1) is 28.7. The van der Waals surface area contributed by atoms with E-state index in [2.05, 4.69) is 0 Å². The van der Waals surface area contributed by atoms with Crippen molar-refractivity contribution in [1.29, 1.82) is 0 Å². The van der Waals surface area contributed by atoms with Gasteiger partial charge in [0.1, 0.15) is 17.3 Å². The van der Waals surface area contributed by atoms with Gasteiger partial charge in [-0.15, -0.1) is 0 Å². The lowest BCUT2D eigenvalue weighted by Gasteiger charge is -2.26. The average Bonchev–Trinajstić information content (AvgIpc) is 3.62. The Morgan fingerprint density at radius 2 is 1.79 bits per heavy atom. The van der Waals surface area contributed by atoms with Crippen LogP contribution in [0.2, 0.25) is 10.0 Å². The molecule has 2 aromatic heterocycles. The predicted molar refractivity (Wildman–Crippen MR) is 168 cm³/mol. The molecule has 0 saturated heterocycles. The van der Waals surface area contributed by atoms with Crippen molar-refractivity contribution in [1.82, 2.24) is 4.57 Å². The minimum absolute atomic E-state index is 0.168. The standard InChI is InChI=1S/C33H24Cl2N2O5S/c1-3-41-32(39)27-29(19-8-5-4-6-9-19)36-33-37(30(27)20-12-14-21(40-2)15-13-20)31(38)26(43-33)18-22-16-17-25(42-22)23-10-7-11-24(34)28(23)35/h4-18,30H,3H2,1-2H3/b26-18-. The lowest BCUT2D eigenvalue weighted by molar-refractivity contribution is -0.138. The molecule has 6 rings (SSSR count). The number of fused-ring (bicyclic) bond motifs is 1. The molecule has 5 aromatic rings. The van der Waals surface area contributed by atoms with Gasteiger partial charge in [-0.1, -0.05) is 83.1 Å². The molecule has 216 valence electrons. The Hall–Kier alpha value is -4.37. The molecule has 1 unspecified atom stereocenters. The fourth-order valence-corrected chi connectivity index (χ4v) is 6.32. The van der Waals surface area contributed by atoms with Gasteiger partial charge in [0.25, 0.3) is 5.56 Å². The molecule has 1 aliphatic rings. The largest absolute Gasteiger partial charge is 0.497 e. The average molecular weight is 632 g/mol. The van der Waals surface area contributed by atoms with Crippen LogP contribution in [0.5, 0.6) is 5.75 Å². The number of hydrogen-bond donors (Lipinski definition) is 0. The summed E-state index contributed by atoms with van der Waals surface area (Å²) >= 11 is 13.8. The smallest absolute Gasteiger partial charge is 0.338 e. The molecule has 0 aliphatic carbocycles. The van der Waals surface area contributed by atoms with Gasteiger partial charge < -0.3 is 13.9 Å². The van der Waals surface area contributed by atoms with E-state index in [1.807, 2.05) is 48.5 Å². The van der Waals surface area contributed by atoms with Crippen molar-refractivity contribution in [2.75, 3.05) is 13.7 Å². The highest BCUT2D eigenvalue weighted by Gasteiger charge is 2.35. The van der Waals surface area contributed by atoms with E-state index >= 15 is 0 Å². The molecule has 0 radical (unpaired) electrons. The highest BCUT2D eigenvalue weighted by atomic mass is 35.5. The number of benzene rings is 3. The number of nitrogens with zero attached hydrogens (tertiary/aromatic N) is 2. The SMILES string of the molecule is CCOC(=O)C1=C(c2ccccc2)N=c2s/c(=C\c3ccc(-c4cccc(Cl)c4Cl)o3)c(=O)n2C1c1ccc(OC)cc1. The highest BCUT2D eigenvalue weighted by Crippen LogP contribution is 2.36. The number of esters is 1. The lowest BCUT2D eigenvalue weighted by Crippen LogP contribution is -2.40. The van der Waals surface area contributed by atoms with Crippen molar-refractivity contribution in [2.45, 2.75) is 13.0 Å². The van der Waals surface area contributed by atoms with Gasteiger partial charge in [-0.25, -0.2) is 9.79 Å². The molecule has 1 atom stereocenters. The maximum Gasteiger partial charge on any atom is 0.338 e. The van der Waals surface area contributed by atoms with Crippen LogP contribution in [0.15, 0.2) is 105 Å². The van der Waals surface area contributed by atoms with Crippen LogP contribution >= 0.6 is 34.5 Å². The first-order valence-corrected chi connectivity index (χ1v) is 14.9. The summed E-state index contributed by atoms with van der Waals surface area (Å²) in [5.74, 6) is 1.06. The van der Waals surface area contributed by atoms with Gasteiger partial charge in [0.15, 0.2) is 4.80 Å². The summed E-state index contributed by atoms with van der Waals surface area (Å²) in [6, 6.07) is 24.7. The second kappa shape index (κ2) is 12.1. The maximum absolute atomic E-state index is 14.1. The summed E-state index contributed by atoms with van der Waals surface area (Å²) in [5.41, 5.74) is 2.47. The molecular weight excluding hydrogens is 607 g/mol. The molecule has 3 heterocycles. The van der Waals surface area contributed by atoms with E-state index in [-0.39, 0.29) is 17.7 Å². The van der Waals surface area contributed by atoms with Gasteiger partial charge in [0, 0.05) is 17.2 Å². The van der Waals surface area contributed by atoms with Crippen LogP contribution in [0.4, 0.5) is 0 Å². The Morgan fingerprint density at radius 1 is 1.02 bits per heavy atom. The Balaban J connectivity index is 1.56. The Morgan fingerprint density at radius 3 is 2.51 bits per heavy atom. The van der Waals surface area contributed by atoms with E-state index in [1.165, 1.54) is 15.9 Å². The zero-order valence-electron chi connectivity index (χ0n) is 23.0. The molecule has 0 amide bonds. The monoisotopic (exact) mass is 630 g/mol. The number of halogens is 2. The van der Waals surface area contributed by atoms with Gasteiger partial charge in [0.05, 0.1) is 45.6 Å². The minimum Gasteiger partial charge on any atom is -0.497 e. The number of ether oxygens (including phenoxy) is 2. The Bertz CT molecular complexity index is 2040. The summed E-state index contributed by atoms with van der Waals surface area (Å²) in [7, 11) is 1.58. The number of methoxy groups -OCH3 is 1.